The van der Waals surface area contributed by atoms with Gasteiger partial charge < -0.3 is 20.0 Å². The molecule has 2 aliphatic rings. The highest BCUT2D eigenvalue weighted by Crippen LogP contribution is 2.45. The fourth-order valence-electron chi connectivity index (χ4n) is 4.76. The number of ether oxygens (including phenoxy) is 1. The number of aliphatic carboxylic acids is 1. The summed E-state index contributed by atoms with van der Waals surface area (Å²) < 4.78 is 5.29. The van der Waals surface area contributed by atoms with Gasteiger partial charge in [-0.25, -0.2) is 4.79 Å². The summed E-state index contributed by atoms with van der Waals surface area (Å²) in [6, 6.07) is 0. The number of thiophene rings is 1. The van der Waals surface area contributed by atoms with E-state index in [9.17, 15) is 19.5 Å². The number of carboxylic acids is 1. The van der Waals surface area contributed by atoms with E-state index in [0.717, 1.165) is 42.5 Å². The maximum atomic E-state index is 13.0. The third-order valence-corrected chi connectivity index (χ3v) is 7.78. The van der Waals surface area contributed by atoms with Gasteiger partial charge in [-0.1, -0.05) is 33.6 Å². The molecular formula is C23H32NO5S-. The second-order valence-electron chi connectivity index (χ2n) is 9.54. The Labute approximate surface area is 182 Å². The molecule has 7 heteroatoms. The normalized spacial score (nSPS) is 24.1. The van der Waals surface area contributed by atoms with Crippen LogP contribution in [0.25, 0.3) is 0 Å². The van der Waals surface area contributed by atoms with Crippen LogP contribution < -0.4 is 10.4 Å². The van der Waals surface area contributed by atoms with Gasteiger partial charge >= 0.3 is 5.97 Å². The lowest BCUT2D eigenvalue weighted by Crippen LogP contribution is -2.42. The summed E-state index contributed by atoms with van der Waals surface area (Å²) in [4.78, 5) is 38.4. The summed E-state index contributed by atoms with van der Waals surface area (Å²) in [5, 5.41) is 14.9. The molecule has 1 N–H and O–H groups in total. The van der Waals surface area contributed by atoms with E-state index in [0.29, 0.717) is 29.3 Å². The van der Waals surface area contributed by atoms with Crippen LogP contribution in [0.1, 0.15) is 80.6 Å². The summed E-state index contributed by atoms with van der Waals surface area (Å²) in [5.41, 5.74) is 1.60. The van der Waals surface area contributed by atoms with E-state index < -0.39 is 23.8 Å². The zero-order valence-corrected chi connectivity index (χ0v) is 19.2. The molecule has 3 rings (SSSR count). The summed E-state index contributed by atoms with van der Waals surface area (Å²) in [6.07, 6.45) is 5.23. The third kappa shape index (κ3) is 4.71. The molecule has 0 aliphatic heterocycles. The van der Waals surface area contributed by atoms with Crippen LogP contribution in [-0.2, 0) is 27.2 Å². The molecule has 0 spiro atoms. The van der Waals surface area contributed by atoms with Crippen molar-refractivity contribution in [3.05, 3.63) is 16.0 Å². The highest BCUT2D eigenvalue weighted by atomic mass is 32.1. The number of anilines is 1. The van der Waals surface area contributed by atoms with Gasteiger partial charge in [0.2, 0.25) is 5.91 Å². The first-order valence-electron chi connectivity index (χ1n) is 11.0. The van der Waals surface area contributed by atoms with Crippen molar-refractivity contribution in [1.82, 2.24) is 0 Å². The van der Waals surface area contributed by atoms with Crippen molar-refractivity contribution < 1.29 is 24.2 Å². The van der Waals surface area contributed by atoms with Crippen LogP contribution in [0.5, 0.6) is 0 Å². The van der Waals surface area contributed by atoms with E-state index in [1.54, 1.807) is 6.92 Å². The highest BCUT2D eigenvalue weighted by Gasteiger charge is 2.36. The Kier molecular flexibility index (Phi) is 6.90. The van der Waals surface area contributed by atoms with Gasteiger partial charge in [-0.05, 0) is 55.9 Å². The Morgan fingerprint density at radius 2 is 1.80 bits per heavy atom. The molecule has 1 aromatic rings. The zero-order valence-electron chi connectivity index (χ0n) is 18.3. The maximum Gasteiger partial charge on any atom is 0.341 e. The van der Waals surface area contributed by atoms with E-state index in [4.69, 9.17) is 4.74 Å². The van der Waals surface area contributed by atoms with Gasteiger partial charge in [-0.15, -0.1) is 11.3 Å². The molecule has 6 nitrogen and oxygen atoms in total. The van der Waals surface area contributed by atoms with E-state index in [1.807, 2.05) is 0 Å². The van der Waals surface area contributed by atoms with Crippen molar-refractivity contribution in [2.24, 2.45) is 23.2 Å². The maximum absolute atomic E-state index is 13.0. The van der Waals surface area contributed by atoms with Gasteiger partial charge in [0.15, 0.2) is 0 Å². The standard InChI is InChI=1S/C23H33NO5S/c1-5-29-22(28)18-16-11-10-13(23(2,3)4)12-17(16)30-20(18)24-19(25)14-8-6-7-9-15(14)21(26)27/h13-15H,5-12H2,1-4H3,(H,24,25)(H,26,27)/p-1/t13-,14-,15+/m1/s1. The Balaban J connectivity index is 1.90. The molecule has 0 unspecified atom stereocenters. The summed E-state index contributed by atoms with van der Waals surface area (Å²) in [7, 11) is 0. The monoisotopic (exact) mass is 434 g/mol. The van der Waals surface area contributed by atoms with Gasteiger partial charge in [0, 0.05) is 22.7 Å². The Hall–Kier alpha value is -1.89. The van der Waals surface area contributed by atoms with Crippen molar-refractivity contribution >= 4 is 34.2 Å². The Bertz CT molecular complexity index is 822. The van der Waals surface area contributed by atoms with Crippen LogP contribution in [0.2, 0.25) is 0 Å². The lowest BCUT2D eigenvalue weighted by Gasteiger charge is -2.33. The minimum Gasteiger partial charge on any atom is -0.550 e. The Morgan fingerprint density at radius 3 is 2.40 bits per heavy atom. The van der Waals surface area contributed by atoms with Crippen molar-refractivity contribution in [2.45, 2.75) is 72.6 Å². The third-order valence-electron chi connectivity index (χ3n) is 6.61. The second kappa shape index (κ2) is 9.08. The van der Waals surface area contributed by atoms with Gasteiger partial charge in [-0.2, -0.15) is 0 Å². The molecule has 0 aromatic carbocycles. The van der Waals surface area contributed by atoms with Crippen molar-refractivity contribution in [3.63, 3.8) is 0 Å². The SMILES string of the molecule is CCOC(=O)c1c(NC(=O)[C@@H]2CCCC[C@@H]2C(=O)[O-])sc2c1CC[C@@H](C(C)(C)C)C2. The quantitative estimate of drug-likeness (QED) is 0.715. The fraction of sp³-hybridized carbons (Fsp3) is 0.696. The molecule has 1 aromatic heterocycles. The molecule has 1 amide bonds. The smallest absolute Gasteiger partial charge is 0.341 e. The number of amides is 1. The number of hydrogen-bond donors (Lipinski definition) is 1. The molecule has 3 atom stereocenters. The van der Waals surface area contributed by atoms with Crippen LogP contribution in [0.15, 0.2) is 0 Å². The van der Waals surface area contributed by atoms with Crippen LogP contribution in [0.3, 0.4) is 0 Å². The first-order valence-corrected chi connectivity index (χ1v) is 11.8. The average Bonchev–Trinajstić information content (AvgIpc) is 3.04. The van der Waals surface area contributed by atoms with Crippen molar-refractivity contribution in [2.75, 3.05) is 11.9 Å². The summed E-state index contributed by atoms with van der Waals surface area (Å²) in [6.45, 7) is 8.71. The van der Waals surface area contributed by atoms with Crippen LogP contribution >= 0.6 is 11.3 Å². The molecule has 30 heavy (non-hydrogen) atoms. The molecule has 0 radical (unpaired) electrons. The molecule has 166 valence electrons. The van der Waals surface area contributed by atoms with E-state index in [-0.39, 0.29) is 17.9 Å². The second-order valence-corrected chi connectivity index (χ2v) is 10.6. The number of esters is 1. The fourth-order valence-corrected chi connectivity index (χ4v) is 6.08. The number of carbonyl (C=O) groups is 3. The highest BCUT2D eigenvalue weighted by molar-refractivity contribution is 7.17. The number of hydrogen-bond acceptors (Lipinski definition) is 6. The number of carboxylic acid groups (broad SMARTS) is 1. The molecule has 2 aliphatic carbocycles. The largest absolute Gasteiger partial charge is 0.550 e. The lowest BCUT2D eigenvalue weighted by molar-refractivity contribution is -0.313. The van der Waals surface area contributed by atoms with Gasteiger partial charge in [-0.3, -0.25) is 4.79 Å². The van der Waals surface area contributed by atoms with Gasteiger partial charge in [0.05, 0.1) is 12.2 Å². The van der Waals surface area contributed by atoms with Crippen molar-refractivity contribution in [3.8, 4) is 0 Å². The number of carbonyl (C=O) groups excluding carboxylic acids is 3. The molecule has 1 fully saturated rings. The minimum atomic E-state index is -1.17. The van der Waals surface area contributed by atoms with E-state index >= 15 is 0 Å². The van der Waals surface area contributed by atoms with Gasteiger partial charge in [0.25, 0.3) is 0 Å². The minimum absolute atomic E-state index is 0.166. The Morgan fingerprint density at radius 1 is 1.13 bits per heavy atom. The van der Waals surface area contributed by atoms with Gasteiger partial charge in [0.1, 0.15) is 5.00 Å². The summed E-state index contributed by atoms with van der Waals surface area (Å²) >= 11 is 1.44. The number of fused-ring (bicyclic) bond motifs is 1. The first-order chi connectivity index (χ1) is 14.1. The van der Waals surface area contributed by atoms with E-state index in [1.165, 1.54) is 11.3 Å². The zero-order chi connectivity index (χ0) is 22.1. The predicted octanol–water partition coefficient (Wildman–Crippen LogP) is 3.57. The van der Waals surface area contributed by atoms with Crippen LogP contribution in [0, 0.1) is 23.2 Å². The summed E-state index contributed by atoms with van der Waals surface area (Å²) in [5.74, 6) is -2.81. The molecular weight excluding hydrogens is 402 g/mol. The molecule has 1 heterocycles. The molecule has 1 saturated carbocycles. The van der Waals surface area contributed by atoms with Crippen molar-refractivity contribution in [1.29, 1.82) is 0 Å². The average molecular weight is 435 g/mol. The predicted molar refractivity (Wildman–Crippen MR) is 114 cm³/mol. The van der Waals surface area contributed by atoms with E-state index in [2.05, 4.69) is 26.1 Å². The number of rotatable bonds is 5. The first kappa shape index (κ1) is 22.8. The molecule has 0 saturated heterocycles. The molecule has 0 bridgehead atoms. The van der Waals surface area contributed by atoms with Crippen LogP contribution in [-0.4, -0.2) is 24.5 Å². The van der Waals surface area contributed by atoms with Crippen LogP contribution in [0.4, 0.5) is 5.00 Å². The number of nitrogens with one attached hydrogen (secondary N) is 1. The lowest BCUT2D eigenvalue weighted by atomic mass is 9.72. The topological polar surface area (TPSA) is 95.5 Å².